The molecular formula is C25H31N3O3S. The number of aliphatic carboxylic acids is 1. The highest BCUT2D eigenvalue weighted by molar-refractivity contribution is 7.99. The van der Waals surface area contributed by atoms with Gasteiger partial charge < -0.3 is 19.3 Å². The molecular weight excluding hydrogens is 422 g/mol. The normalized spacial score (nSPS) is 10.9. The van der Waals surface area contributed by atoms with Crippen LogP contribution in [0, 0.1) is 0 Å². The van der Waals surface area contributed by atoms with E-state index in [9.17, 15) is 4.79 Å². The van der Waals surface area contributed by atoms with Crippen molar-refractivity contribution in [3.8, 4) is 22.6 Å². The quantitative estimate of drug-likeness (QED) is 0.364. The first-order chi connectivity index (χ1) is 15.5. The Morgan fingerprint density at radius 3 is 1.75 bits per heavy atom. The third-order valence-corrected chi connectivity index (χ3v) is 6.27. The number of thioether (sulfide) groups is 1. The highest BCUT2D eigenvalue weighted by Gasteiger charge is 2.19. The third kappa shape index (κ3) is 5.46. The Hall–Kier alpha value is -2.93. The number of aromatic nitrogens is 1. The molecule has 0 saturated heterocycles. The van der Waals surface area contributed by atoms with Crippen molar-refractivity contribution in [2.75, 3.05) is 41.7 Å². The molecule has 0 radical (unpaired) electrons. The lowest BCUT2D eigenvalue weighted by Gasteiger charge is -2.21. The van der Waals surface area contributed by atoms with Crippen molar-refractivity contribution in [3.63, 3.8) is 0 Å². The number of carboxylic acids is 1. The fourth-order valence-electron chi connectivity index (χ4n) is 3.71. The minimum absolute atomic E-state index is 0.0960. The van der Waals surface area contributed by atoms with Crippen LogP contribution in [0.4, 0.5) is 11.4 Å². The predicted molar refractivity (Wildman–Crippen MR) is 133 cm³/mol. The second kappa shape index (κ2) is 11.1. The van der Waals surface area contributed by atoms with E-state index in [-0.39, 0.29) is 5.75 Å². The molecule has 0 unspecified atom stereocenters. The molecule has 0 aliphatic rings. The molecule has 0 spiro atoms. The number of anilines is 2. The molecule has 0 bridgehead atoms. The maximum Gasteiger partial charge on any atom is 0.314 e. The molecule has 6 nitrogen and oxygen atoms in total. The van der Waals surface area contributed by atoms with E-state index in [1.54, 1.807) is 0 Å². The first-order valence-electron chi connectivity index (χ1n) is 11.1. The largest absolute Gasteiger partial charge is 0.481 e. The van der Waals surface area contributed by atoms with Crippen molar-refractivity contribution in [2.45, 2.75) is 32.9 Å². The van der Waals surface area contributed by atoms with E-state index in [0.717, 1.165) is 66.1 Å². The monoisotopic (exact) mass is 453 g/mol. The number of nitrogens with zero attached hydrogens (tertiary/aromatic N) is 3. The zero-order valence-corrected chi connectivity index (χ0v) is 20.0. The Bertz CT molecular complexity index is 935. The lowest BCUT2D eigenvalue weighted by molar-refractivity contribution is -0.133. The van der Waals surface area contributed by atoms with Crippen LogP contribution in [0.3, 0.4) is 0 Å². The summed E-state index contributed by atoms with van der Waals surface area (Å²) < 4.78 is 6.04. The summed E-state index contributed by atoms with van der Waals surface area (Å²) in [6, 6.07) is 16.5. The summed E-state index contributed by atoms with van der Waals surface area (Å²) in [5, 5.41) is 9.40. The lowest BCUT2D eigenvalue weighted by Crippen LogP contribution is -2.21. The van der Waals surface area contributed by atoms with Gasteiger partial charge in [-0.3, -0.25) is 4.79 Å². The molecule has 0 saturated carbocycles. The molecule has 0 aliphatic carbocycles. The van der Waals surface area contributed by atoms with Gasteiger partial charge in [-0.15, -0.1) is 0 Å². The van der Waals surface area contributed by atoms with Gasteiger partial charge in [0.15, 0.2) is 5.76 Å². The maximum absolute atomic E-state index is 11.0. The number of hydrogen-bond acceptors (Lipinski definition) is 6. The lowest BCUT2D eigenvalue weighted by atomic mass is 10.0. The zero-order valence-electron chi connectivity index (χ0n) is 19.2. The van der Waals surface area contributed by atoms with Gasteiger partial charge in [-0.05, 0) is 64.1 Å². The van der Waals surface area contributed by atoms with Crippen LogP contribution in [0.25, 0.3) is 22.6 Å². The van der Waals surface area contributed by atoms with Crippen molar-refractivity contribution in [1.29, 1.82) is 0 Å². The van der Waals surface area contributed by atoms with Gasteiger partial charge in [0.05, 0.1) is 0 Å². The number of hydrogen-bond donors (Lipinski definition) is 1. The summed E-state index contributed by atoms with van der Waals surface area (Å²) in [4.78, 5) is 20.2. The standard InChI is InChI=1S/C25H31N3O3S/c1-5-27(6-2)20-13-9-18(10-14-20)23-24(31-25(26-23)32-17-22(29)30)19-11-15-21(16-12-19)28(7-3)8-4/h9-16H,5-8,17H2,1-4H3,(H,29,30). The van der Waals surface area contributed by atoms with Crippen LogP contribution in [0.15, 0.2) is 58.2 Å². The SMILES string of the molecule is CCN(CC)c1ccc(-c2nc(SCC(=O)O)oc2-c2ccc(N(CC)CC)cc2)cc1. The van der Waals surface area contributed by atoms with E-state index < -0.39 is 5.97 Å². The van der Waals surface area contributed by atoms with Crippen LogP contribution in [0.2, 0.25) is 0 Å². The van der Waals surface area contributed by atoms with Crippen molar-refractivity contribution >= 4 is 29.1 Å². The summed E-state index contributed by atoms with van der Waals surface area (Å²) >= 11 is 1.09. The van der Waals surface area contributed by atoms with E-state index in [2.05, 4.69) is 66.7 Å². The number of carboxylic acid groups (broad SMARTS) is 1. The molecule has 1 heterocycles. The summed E-state index contributed by atoms with van der Waals surface area (Å²) in [7, 11) is 0. The molecule has 2 aromatic carbocycles. The van der Waals surface area contributed by atoms with Crippen molar-refractivity contribution in [3.05, 3.63) is 48.5 Å². The van der Waals surface area contributed by atoms with Crippen LogP contribution in [0.1, 0.15) is 27.7 Å². The first kappa shape index (κ1) is 23.7. The minimum atomic E-state index is -0.900. The van der Waals surface area contributed by atoms with Gasteiger partial charge in [0.1, 0.15) is 11.4 Å². The number of carbonyl (C=O) groups is 1. The van der Waals surface area contributed by atoms with Crippen LogP contribution in [-0.4, -0.2) is 48.0 Å². The van der Waals surface area contributed by atoms with Crippen molar-refractivity contribution in [1.82, 2.24) is 4.98 Å². The number of benzene rings is 2. The van der Waals surface area contributed by atoms with Crippen LogP contribution in [0.5, 0.6) is 0 Å². The van der Waals surface area contributed by atoms with E-state index >= 15 is 0 Å². The second-order valence-electron chi connectivity index (χ2n) is 7.28. The molecule has 170 valence electrons. The van der Waals surface area contributed by atoms with Gasteiger partial charge in [0.25, 0.3) is 5.22 Å². The summed E-state index contributed by atoms with van der Waals surface area (Å²) in [6.45, 7) is 12.3. The molecule has 0 amide bonds. The molecule has 1 aromatic heterocycles. The van der Waals surface area contributed by atoms with Crippen molar-refractivity contribution < 1.29 is 14.3 Å². The van der Waals surface area contributed by atoms with Crippen LogP contribution < -0.4 is 9.80 Å². The van der Waals surface area contributed by atoms with Crippen molar-refractivity contribution in [2.24, 2.45) is 0 Å². The molecule has 7 heteroatoms. The zero-order chi connectivity index (χ0) is 23.1. The molecule has 0 fully saturated rings. The van der Waals surface area contributed by atoms with Gasteiger partial charge in [-0.2, -0.15) is 0 Å². The first-order valence-corrected chi connectivity index (χ1v) is 12.0. The predicted octanol–water partition coefficient (Wildman–Crippen LogP) is 5.88. The Morgan fingerprint density at radius 2 is 1.31 bits per heavy atom. The summed E-state index contributed by atoms with van der Waals surface area (Å²) in [5.41, 5.74) is 4.89. The fraction of sp³-hybridized carbons (Fsp3) is 0.360. The minimum Gasteiger partial charge on any atom is -0.481 e. The smallest absolute Gasteiger partial charge is 0.314 e. The number of oxazole rings is 1. The van der Waals surface area contributed by atoms with E-state index in [0.29, 0.717) is 11.0 Å². The van der Waals surface area contributed by atoms with E-state index in [1.807, 2.05) is 24.3 Å². The second-order valence-corrected chi connectivity index (χ2v) is 8.20. The van der Waals surface area contributed by atoms with Crippen LogP contribution in [-0.2, 0) is 4.79 Å². The molecule has 32 heavy (non-hydrogen) atoms. The topological polar surface area (TPSA) is 69.8 Å². The summed E-state index contributed by atoms with van der Waals surface area (Å²) in [5.74, 6) is -0.343. The van der Waals surface area contributed by atoms with Gasteiger partial charge in [-0.25, -0.2) is 4.98 Å². The third-order valence-electron chi connectivity index (χ3n) is 5.45. The van der Waals surface area contributed by atoms with E-state index in [1.165, 1.54) is 0 Å². The van der Waals surface area contributed by atoms with Crippen LogP contribution >= 0.6 is 11.8 Å². The van der Waals surface area contributed by atoms with Gasteiger partial charge in [0.2, 0.25) is 0 Å². The molecule has 3 rings (SSSR count). The number of rotatable bonds is 11. The fourth-order valence-corrected chi connectivity index (χ4v) is 4.25. The average molecular weight is 454 g/mol. The molecule has 0 atom stereocenters. The molecule has 1 N–H and O–H groups in total. The average Bonchev–Trinajstić information content (AvgIpc) is 3.24. The Kier molecular flexibility index (Phi) is 8.22. The molecule has 3 aromatic rings. The Labute approximate surface area is 194 Å². The highest BCUT2D eigenvalue weighted by atomic mass is 32.2. The highest BCUT2D eigenvalue weighted by Crippen LogP contribution is 2.37. The molecule has 0 aliphatic heterocycles. The van der Waals surface area contributed by atoms with Gasteiger partial charge >= 0.3 is 5.97 Å². The Balaban J connectivity index is 1.99. The Morgan fingerprint density at radius 1 is 0.844 bits per heavy atom. The van der Waals surface area contributed by atoms with Gasteiger partial charge in [-0.1, -0.05) is 23.9 Å². The maximum atomic E-state index is 11.0. The summed E-state index contributed by atoms with van der Waals surface area (Å²) in [6.07, 6.45) is 0. The van der Waals surface area contributed by atoms with E-state index in [4.69, 9.17) is 9.52 Å². The van der Waals surface area contributed by atoms with Gasteiger partial charge in [0, 0.05) is 48.7 Å².